The van der Waals surface area contributed by atoms with Gasteiger partial charge in [-0.3, -0.25) is 9.88 Å². The van der Waals surface area contributed by atoms with Crippen LogP contribution in [0.5, 0.6) is 0 Å². The number of fused-ring (bicyclic) bond motifs is 1. The molecular formula is C16H19ClN4O2. The van der Waals surface area contributed by atoms with Crippen molar-refractivity contribution < 1.29 is 9.90 Å². The third kappa shape index (κ3) is 2.57. The van der Waals surface area contributed by atoms with Gasteiger partial charge in [-0.25, -0.2) is 9.78 Å². The van der Waals surface area contributed by atoms with Crippen LogP contribution in [0.4, 0.5) is 4.79 Å². The molecule has 0 aliphatic carbocycles. The molecule has 2 aromatic rings. The molecule has 1 aliphatic rings. The Bertz CT molecular complexity index is 713. The lowest BCUT2D eigenvalue weighted by Crippen LogP contribution is -2.45. The minimum Gasteiger partial charge on any atom is -0.465 e. The number of carboxylic acid groups (broad SMARTS) is 1. The van der Waals surface area contributed by atoms with Crippen molar-refractivity contribution >= 4 is 17.7 Å². The number of hydrogen-bond donors (Lipinski definition) is 2. The lowest BCUT2D eigenvalue weighted by Gasteiger charge is -2.44. The van der Waals surface area contributed by atoms with Crippen LogP contribution in [0.3, 0.4) is 0 Å². The summed E-state index contributed by atoms with van der Waals surface area (Å²) >= 11 is 5.92. The molecule has 3 heterocycles. The van der Waals surface area contributed by atoms with E-state index in [4.69, 9.17) is 11.6 Å². The molecule has 3 atom stereocenters. The molecule has 3 rings (SSSR count). The van der Waals surface area contributed by atoms with E-state index in [1.165, 1.54) is 4.90 Å². The average Bonchev–Trinajstić information content (AvgIpc) is 2.97. The normalized spacial score (nSPS) is 23.9. The number of halogens is 1. The molecule has 2 aromatic heterocycles. The molecule has 23 heavy (non-hydrogen) atoms. The van der Waals surface area contributed by atoms with E-state index in [0.717, 1.165) is 11.4 Å². The smallest absolute Gasteiger partial charge is 0.408 e. The highest BCUT2D eigenvalue weighted by atomic mass is 35.5. The largest absolute Gasteiger partial charge is 0.465 e. The van der Waals surface area contributed by atoms with E-state index in [-0.39, 0.29) is 17.9 Å². The van der Waals surface area contributed by atoms with Gasteiger partial charge < -0.3 is 10.1 Å². The summed E-state index contributed by atoms with van der Waals surface area (Å²) in [6, 6.07) is 2.84. The van der Waals surface area contributed by atoms with Crippen LogP contribution in [0, 0.1) is 5.92 Å². The maximum Gasteiger partial charge on any atom is 0.408 e. The van der Waals surface area contributed by atoms with Crippen molar-refractivity contribution in [3.8, 4) is 0 Å². The van der Waals surface area contributed by atoms with Crippen LogP contribution in [0.1, 0.15) is 55.9 Å². The quantitative estimate of drug-likeness (QED) is 0.869. The zero-order valence-electron chi connectivity index (χ0n) is 13.2. The minimum atomic E-state index is -0.961. The second kappa shape index (κ2) is 5.85. The lowest BCUT2D eigenvalue weighted by molar-refractivity contribution is 0.0591. The number of H-pyrrole nitrogens is 1. The lowest BCUT2D eigenvalue weighted by atomic mass is 9.82. The van der Waals surface area contributed by atoms with E-state index >= 15 is 0 Å². The molecule has 0 radical (unpaired) electrons. The molecular weight excluding hydrogens is 316 g/mol. The summed E-state index contributed by atoms with van der Waals surface area (Å²) in [5.41, 5.74) is 2.46. The second-order valence-corrected chi connectivity index (χ2v) is 6.65. The van der Waals surface area contributed by atoms with Crippen LogP contribution in [0.2, 0.25) is 5.02 Å². The van der Waals surface area contributed by atoms with Gasteiger partial charge in [0.05, 0.1) is 40.5 Å². The summed E-state index contributed by atoms with van der Waals surface area (Å²) in [6.45, 7) is 5.99. The topological polar surface area (TPSA) is 82.1 Å². The third-order valence-electron chi connectivity index (χ3n) is 4.41. The maximum atomic E-state index is 12.0. The number of amides is 1. The van der Waals surface area contributed by atoms with Gasteiger partial charge in [-0.2, -0.15) is 0 Å². The van der Waals surface area contributed by atoms with Gasteiger partial charge in [-0.05, 0) is 18.1 Å². The second-order valence-electron chi connectivity index (χ2n) is 6.21. The zero-order chi connectivity index (χ0) is 16.7. The highest BCUT2D eigenvalue weighted by molar-refractivity contribution is 6.30. The Hall–Kier alpha value is -2.08. The molecule has 0 bridgehead atoms. The Morgan fingerprint density at radius 1 is 1.39 bits per heavy atom. The number of imidazole rings is 1. The third-order valence-corrected chi connectivity index (χ3v) is 4.63. The number of carbonyl (C=O) groups is 1. The van der Waals surface area contributed by atoms with E-state index < -0.39 is 12.1 Å². The molecule has 1 aliphatic heterocycles. The number of rotatable bonds is 2. The van der Waals surface area contributed by atoms with Crippen molar-refractivity contribution in [2.75, 3.05) is 0 Å². The van der Waals surface area contributed by atoms with Crippen LogP contribution in [0.25, 0.3) is 0 Å². The number of aromatic nitrogens is 3. The average molecular weight is 335 g/mol. The van der Waals surface area contributed by atoms with Crippen molar-refractivity contribution in [1.82, 2.24) is 19.9 Å². The molecule has 1 amide bonds. The highest BCUT2D eigenvalue weighted by Gasteiger charge is 2.45. The summed E-state index contributed by atoms with van der Waals surface area (Å²) in [7, 11) is 0. The van der Waals surface area contributed by atoms with E-state index in [9.17, 15) is 9.90 Å². The Morgan fingerprint density at radius 3 is 2.70 bits per heavy atom. The molecule has 0 saturated carbocycles. The van der Waals surface area contributed by atoms with Gasteiger partial charge in [0.1, 0.15) is 0 Å². The van der Waals surface area contributed by atoms with Crippen molar-refractivity contribution in [2.45, 2.75) is 38.8 Å². The first-order valence-corrected chi connectivity index (χ1v) is 7.95. The summed E-state index contributed by atoms with van der Waals surface area (Å²) in [5, 5.41) is 10.4. The summed E-state index contributed by atoms with van der Waals surface area (Å²) in [5.74, 6) is 0.00336. The molecule has 7 heteroatoms. The predicted molar refractivity (Wildman–Crippen MR) is 86.4 cm³/mol. The number of hydrogen-bond acceptors (Lipinski definition) is 3. The molecule has 0 spiro atoms. The van der Waals surface area contributed by atoms with Crippen LogP contribution in [-0.2, 0) is 0 Å². The molecule has 0 aromatic carbocycles. The highest BCUT2D eigenvalue weighted by Crippen LogP contribution is 2.48. The van der Waals surface area contributed by atoms with Gasteiger partial charge in [-0.1, -0.05) is 32.4 Å². The fourth-order valence-electron chi connectivity index (χ4n) is 3.47. The van der Waals surface area contributed by atoms with Crippen molar-refractivity contribution in [3.05, 3.63) is 46.8 Å². The molecule has 6 nitrogen and oxygen atoms in total. The van der Waals surface area contributed by atoms with Gasteiger partial charge in [-0.15, -0.1) is 0 Å². The van der Waals surface area contributed by atoms with Gasteiger partial charge in [0.15, 0.2) is 0 Å². The van der Waals surface area contributed by atoms with Gasteiger partial charge in [0, 0.05) is 12.1 Å². The first kappa shape index (κ1) is 15.8. The molecule has 122 valence electrons. The Labute approximate surface area is 139 Å². The minimum absolute atomic E-state index is 0.101. The van der Waals surface area contributed by atoms with E-state index in [1.54, 1.807) is 24.7 Å². The van der Waals surface area contributed by atoms with Crippen molar-refractivity contribution in [3.63, 3.8) is 0 Å². The SMILES string of the molecule is CC(C)C1c2[nH]cnc2C(C)C(c2ccc(Cl)cn2)N1C(=O)O. The number of nitrogens with zero attached hydrogens (tertiary/aromatic N) is 3. The monoisotopic (exact) mass is 334 g/mol. The van der Waals surface area contributed by atoms with E-state index in [1.807, 2.05) is 20.8 Å². The van der Waals surface area contributed by atoms with Gasteiger partial charge >= 0.3 is 6.09 Å². The van der Waals surface area contributed by atoms with Crippen LogP contribution >= 0.6 is 11.6 Å². The fourth-order valence-corrected chi connectivity index (χ4v) is 3.58. The molecule has 0 saturated heterocycles. The first-order valence-electron chi connectivity index (χ1n) is 7.57. The molecule has 0 fully saturated rings. The van der Waals surface area contributed by atoms with Crippen LogP contribution in [0.15, 0.2) is 24.7 Å². The van der Waals surface area contributed by atoms with Gasteiger partial charge in [0.25, 0.3) is 0 Å². The van der Waals surface area contributed by atoms with Gasteiger partial charge in [0.2, 0.25) is 0 Å². The van der Waals surface area contributed by atoms with E-state index in [2.05, 4.69) is 15.0 Å². The molecule has 2 N–H and O–H groups in total. The Balaban J connectivity index is 2.17. The van der Waals surface area contributed by atoms with Crippen molar-refractivity contribution in [1.29, 1.82) is 0 Å². The van der Waals surface area contributed by atoms with Crippen LogP contribution < -0.4 is 0 Å². The zero-order valence-corrected chi connectivity index (χ0v) is 13.9. The van der Waals surface area contributed by atoms with Crippen LogP contribution in [-0.4, -0.2) is 31.1 Å². The number of pyridine rings is 1. The number of nitrogens with one attached hydrogen (secondary N) is 1. The summed E-state index contributed by atoms with van der Waals surface area (Å²) in [4.78, 5) is 25.4. The standard InChI is InChI=1S/C16H19ClN4O2/c1-8(2)14-13-12(19-7-20-13)9(3)15(21(14)16(22)23)11-5-4-10(17)6-18-11/h4-9,14-15H,1-3H3,(H,19,20)(H,22,23). The Kier molecular flexibility index (Phi) is 4.02. The molecule has 3 unspecified atom stereocenters. The predicted octanol–water partition coefficient (Wildman–Crippen LogP) is 3.99. The Morgan fingerprint density at radius 2 is 2.13 bits per heavy atom. The maximum absolute atomic E-state index is 12.0. The van der Waals surface area contributed by atoms with Crippen molar-refractivity contribution in [2.24, 2.45) is 5.92 Å². The first-order chi connectivity index (χ1) is 10.9. The fraction of sp³-hybridized carbons (Fsp3) is 0.438. The van der Waals surface area contributed by atoms with E-state index in [0.29, 0.717) is 10.7 Å². The summed E-state index contributed by atoms with van der Waals surface area (Å²) in [6.07, 6.45) is 2.22. The summed E-state index contributed by atoms with van der Waals surface area (Å²) < 4.78 is 0. The number of aromatic amines is 1.